The fourth-order valence-corrected chi connectivity index (χ4v) is 2.34. The van der Waals surface area contributed by atoms with Crippen LogP contribution in [0.15, 0.2) is 42.7 Å². The van der Waals surface area contributed by atoms with Crippen molar-refractivity contribution in [2.24, 2.45) is 0 Å². The maximum absolute atomic E-state index is 6.25. The Hall–Kier alpha value is -2.00. The molecule has 4 heteroatoms. The van der Waals surface area contributed by atoms with Crippen molar-refractivity contribution >= 4 is 22.6 Å². The molecule has 0 saturated heterocycles. The molecule has 0 aliphatic rings. The van der Waals surface area contributed by atoms with Gasteiger partial charge in [-0.1, -0.05) is 29.8 Å². The summed E-state index contributed by atoms with van der Waals surface area (Å²) >= 11 is 6.25. The Bertz CT molecular complexity index is 706. The van der Waals surface area contributed by atoms with E-state index >= 15 is 0 Å². The lowest BCUT2D eigenvalue weighted by Gasteiger charge is -2.07. The molecule has 0 radical (unpaired) electrons. The van der Waals surface area contributed by atoms with Gasteiger partial charge in [-0.25, -0.2) is 4.98 Å². The minimum absolute atomic E-state index is 0.683. The zero-order chi connectivity index (χ0) is 12.5. The standard InChI is InChI=1S/C14H11ClN2O/c1-18-12-5-3-2-4-9(12)10-8-17-14-13(10)11(15)6-7-16-14/h2-8H,1H3,(H,16,17). The summed E-state index contributed by atoms with van der Waals surface area (Å²) in [5.74, 6) is 0.818. The van der Waals surface area contributed by atoms with Crippen LogP contribution >= 0.6 is 11.6 Å². The SMILES string of the molecule is COc1ccccc1-c1c[nH]c2nccc(Cl)c12. The Morgan fingerprint density at radius 1 is 1.17 bits per heavy atom. The molecule has 0 unspecified atom stereocenters. The molecule has 3 rings (SSSR count). The first-order valence-electron chi connectivity index (χ1n) is 5.56. The summed E-state index contributed by atoms with van der Waals surface area (Å²) in [5, 5.41) is 1.60. The number of halogens is 1. The normalized spacial score (nSPS) is 10.8. The van der Waals surface area contributed by atoms with Crippen LogP contribution < -0.4 is 4.74 Å². The van der Waals surface area contributed by atoms with E-state index in [0.717, 1.165) is 27.9 Å². The number of H-pyrrole nitrogens is 1. The number of benzene rings is 1. The third-order valence-electron chi connectivity index (χ3n) is 2.92. The van der Waals surface area contributed by atoms with Crippen LogP contribution in [0.3, 0.4) is 0 Å². The second kappa shape index (κ2) is 4.35. The van der Waals surface area contributed by atoms with E-state index in [9.17, 15) is 0 Å². The molecule has 90 valence electrons. The number of nitrogens with one attached hydrogen (secondary N) is 1. The Balaban J connectivity index is 2.32. The molecule has 0 aliphatic heterocycles. The number of para-hydroxylation sites is 1. The molecule has 0 aliphatic carbocycles. The summed E-state index contributed by atoms with van der Waals surface area (Å²) in [6, 6.07) is 9.64. The fraction of sp³-hybridized carbons (Fsp3) is 0.0714. The van der Waals surface area contributed by atoms with Crippen molar-refractivity contribution in [2.45, 2.75) is 0 Å². The van der Waals surface area contributed by atoms with E-state index in [1.54, 1.807) is 19.4 Å². The van der Waals surface area contributed by atoms with Gasteiger partial charge in [-0.2, -0.15) is 0 Å². The number of nitrogens with zero attached hydrogens (tertiary/aromatic N) is 1. The lowest BCUT2D eigenvalue weighted by Crippen LogP contribution is -1.86. The molecule has 0 amide bonds. The zero-order valence-electron chi connectivity index (χ0n) is 9.77. The van der Waals surface area contributed by atoms with Crippen LogP contribution in [-0.2, 0) is 0 Å². The van der Waals surface area contributed by atoms with Gasteiger partial charge >= 0.3 is 0 Å². The lowest BCUT2D eigenvalue weighted by molar-refractivity contribution is 0.416. The molecule has 2 aromatic heterocycles. The molecule has 3 nitrogen and oxygen atoms in total. The molecule has 0 spiro atoms. The molecule has 18 heavy (non-hydrogen) atoms. The smallest absolute Gasteiger partial charge is 0.139 e. The van der Waals surface area contributed by atoms with Gasteiger partial charge < -0.3 is 9.72 Å². The Morgan fingerprint density at radius 2 is 2.00 bits per heavy atom. The predicted octanol–water partition coefficient (Wildman–Crippen LogP) is 3.89. The summed E-state index contributed by atoms with van der Waals surface area (Å²) in [7, 11) is 1.66. The zero-order valence-corrected chi connectivity index (χ0v) is 10.5. The maximum Gasteiger partial charge on any atom is 0.139 e. The second-order valence-electron chi connectivity index (χ2n) is 3.92. The van der Waals surface area contributed by atoms with Crippen LogP contribution in [-0.4, -0.2) is 17.1 Å². The molecule has 3 aromatic rings. The fourth-order valence-electron chi connectivity index (χ4n) is 2.10. The van der Waals surface area contributed by atoms with E-state index < -0.39 is 0 Å². The van der Waals surface area contributed by atoms with Gasteiger partial charge in [0.2, 0.25) is 0 Å². The summed E-state index contributed by atoms with van der Waals surface area (Å²) in [6.07, 6.45) is 3.59. The molecule has 0 fully saturated rings. The number of pyridine rings is 1. The van der Waals surface area contributed by atoms with Crippen LogP contribution in [0.5, 0.6) is 5.75 Å². The molecular formula is C14H11ClN2O. The van der Waals surface area contributed by atoms with Crippen molar-refractivity contribution in [1.82, 2.24) is 9.97 Å². The van der Waals surface area contributed by atoms with Gasteiger partial charge in [0.15, 0.2) is 0 Å². The molecule has 0 bridgehead atoms. The number of methoxy groups -OCH3 is 1. The Kier molecular flexibility index (Phi) is 2.68. The lowest BCUT2D eigenvalue weighted by atomic mass is 10.0. The first kappa shape index (κ1) is 11.1. The van der Waals surface area contributed by atoms with Crippen molar-refractivity contribution in [3.63, 3.8) is 0 Å². The van der Waals surface area contributed by atoms with E-state index in [-0.39, 0.29) is 0 Å². The minimum Gasteiger partial charge on any atom is -0.496 e. The predicted molar refractivity (Wildman–Crippen MR) is 73.1 cm³/mol. The topological polar surface area (TPSA) is 37.9 Å². The van der Waals surface area contributed by atoms with E-state index in [2.05, 4.69) is 9.97 Å². The van der Waals surface area contributed by atoms with Gasteiger partial charge in [-0.05, 0) is 12.1 Å². The van der Waals surface area contributed by atoms with Crippen molar-refractivity contribution in [3.05, 3.63) is 47.7 Å². The van der Waals surface area contributed by atoms with E-state index in [1.807, 2.05) is 30.5 Å². The van der Waals surface area contributed by atoms with E-state index in [1.165, 1.54) is 0 Å². The van der Waals surface area contributed by atoms with Crippen LogP contribution in [0.25, 0.3) is 22.2 Å². The highest BCUT2D eigenvalue weighted by Crippen LogP contribution is 2.37. The quantitative estimate of drug-likeness (QED) is 0.757. The van der Waals surface area contributed by atoms with Crippen molar-refractivity contribution in [3.8, 4) is 16.9 Å². The average Bonchev–Trinajstić information content (AvgIpc) is 2.84. The molecule has 1 aromatic carbocycles. The summed E-state index contributed by atoms with van der Waals surface area (Å²) < 4.78 is 5.38. The second-order valence-corrected chi connectivity index (χ2v) is 4.33. The largest absolute Gasteiger partial charge is 0.496 e. The van der Waals surface area contributed by atoms with Crippen molar-refractivity contribution < 1.29 is 4.74 Å². The first-order valence-corrected chi connectivity index (χ1v) is 5.94. The minimum atomic E-state index is 0.683. The molecule has 1 N–H and O–H groups in total. The van der Waals surface area contributed by atoms with Crippen molar-refractivity contribution in [2.75, 3.05) is 7.11 Å². The molecule has 2 heterocycles. The number of aromatic amines is 1. The van der Waals surface area contributed by atoms with Gasteiger partial charge in [0.1, 0.15) is 11.4 Å². The van der Waals surface area contributed by atoms with Gasteiger partial charge in [-0.15, -0.1) is 0 Å². The van der Waals surface area contributed by atoms with Crippen LogP contribution in [0.1, 0.15) is 0 Å². The maximum atomic E-state index is 6.25. The molecule has 0 atom stereocenters. The number of fused-ring (bicyclic) bond motifs is 1. The number of rotatable bonds is 2. The third-order valence-corrected chi connectivity index (χ3v) is 3.23. The highest BCUT2D eigenvalue weighted by Gasteiger charge is 2.13. The van der Waals surface area contributed by atoms with Gasteiger partial charge in [0.25, 0.3) is 0 Å². The Morgan fingerprint density at radius 3 is 2.83 bits per heavy atom. The highest BCUT2D eigenvalue weighted by molar-refractivity contribution is 6.36. The number of aromatic nitrogens is 2. The van der Waals surface area contributed by atoms with E-state index in [0.29, 0.717) is 5.02 Å². The molecule has 0 saturated carbocycles. The van der Waals surface area contributed by atoms with Crippen LogP contribution in [0.4, 0.5) is 0 Å². The van der Waals surface area contributed by atoms with Gasteiger partial charge in [-0.3, -0.25) is 0 Å². The molecular weight excluding hydrogens is 248 g/mol. The average molecular weight is 259 g/mol. The first-order chi connectivity index (χ1) is 8.81. The number of hydrogen-bond donors (Lipinski definition) is 1. The van der Waals surface area contributed by atoms with Crippen LogP contribution in [0.2, 0.25) is 5.02 Å². The van der Waals surface area contributed by atoms with Gasteiger partial charge in [0.05, 0.1) is 12.1 Å². The van der Waals surface area contributed by atoms with Gasteiger partial charge in [0, 0.05) is 28.9 Å². The Labute approximate surface area is 109 Å². The van der Waals surface area contributed by atoms with Crippen LogP contribution in [0, 0.1) is 0 Å². The monoisotopic (exact) mass is 258 g/mol. The van der Waals surface area contributed by atoms with E-state index in [4.69, 9.17) is 16.3 Å². The third kappa shape index (κ3) is 1.64. The number of ether oxygens (including phenoxy) is 1. The number of hydrogen-bond acceptors (Lipinski definition) is 2. The highest BCUT2D eigenvalue weighted by atomic mass is 35.5. The van der Waals surface area contributed by atoms with Crippen molar-refractivity contribution in [1.29, 1.82) is 0 Å². The summed E-state index contributed by atoms with van der Waals surface area (Å²) in [6.45, 7) is 0. The summed E-state index contributed by atoms with van der Waals surface area (Å²) in [4.78, 5) is 7.39. The summed E-state index contributed by atoms with van der Waals surface area (Å²) in [5.41, 5.74) is 2.78.